The lowest BCUT2D eigenvalue weighted by Gasteiger charge is -2.21. The van der Waals surface area contributed by atoms with Crippen LogP contribution in [0.3, 0.4) is 0 Å². The minimum absolute atomic E-state index is 0.00345. The lowest BCUT2D eigenvalue weighted by atomic mass is 10.1. The molecule has 5 N–H and O–H groups in total. The number of rotatable bonds is 5. The van der Waals surface area contributed by atoms with E-state index in [9.17, 15) is 13.2 Å². The summed E-state index contributed by atoms with van der Waals surface area (Å²) in [4.78, 5) is 10.4. The van der Waals surface area contributed by atoms with Crippen molar-refractivity contribution in [3.05, 3.63) is 17.7 Å². The fraction of sp³-hybridized carbons (Fsp3) is 0.417. The number of nitrogens with one attached hydrogen (secondary N) is 1. The molecule has 0 bridgehead atoms. The van der Waals surface area contributed by atoms with E-state index < -0.39 is 16.1 Å². The third-order valence-corrected chi connectivity index (χ3v) is 4.39. The van der Waals surface area contributed by atoms with E-state index in [0.717, 1.165) is 12.0 Å². The Morgan fingerprint density at radius 2 is 2.19 bits per heavy atom. The number of hydrogen-bond donors (Lipinski definition) is 3. The molecule has 2 rings (SSSR count). The zero-order chi connectivity index (χ0) is 15.5. The van der Waals surface area contributed by atoms with Gasteiger partial charge in [-0.25, -0.2) is 17.9 Å². The van der Waals surface area contributed by atoms with Gasteiger partial charge in [0, 0.05) is 12.2 Å². The Kier molecular flexibility index (Phi) is 4.53. The Hall–Kier alpha value is -2.00. The predicted octanol–water partition coefficient (Wildman–Crippen LogP) is -0.0326. The molecule has 0 fully saturated rings. The van der Waals surface area contributed by atoms with Gasteiger partial charge in [0.25, 0.3) is 0 Å². The number of aryl methyl sites for hydroxylation is 1. The van der Waals surface area contributed by atoms with Crippen molar-refractivity contribution in [2.45, 2.75) is 17.7 Å². The summed E-state index contributed by atoms with van der Waals surface area (Å²) >= 11 is 0. The lowest BCUT2D eigenvalue weighted by Crippen LogP contribution is -2.30. The molecule has 0 aromatic heterocycles. The topological polar surface area (TPSA) is 134 Å². The fourth-order valence-corrected chi connectivity index (χ4v) is 3.31. The van der Waals surface area contributed by atoms with Gasteiger partial charge in [-0.15, -0.1) is 0 Å². The van der Waals surface area contributed by atoms with Gasteiger partial charge < -0.3 is 20.9 Å². The van der Waals surface area contributed by atoms with Crippen LogP contribution >= 0.6 is 0 Å². The number of carbonyl (C=O) groups excluding carboxylic acids is 1. The number of nitrogen functional groups attached to an aromatic ring is 1. The minimum Gasteiger partial charge on any atom is -0.492 e. The first-order valence-electron chi connectivity index (χ1n) is 6.37. The van der Waals surface area contributed by atoms with Crippen molar-refractivity contribution in [2.24, 2.45) is 5.73 Å². The van der Waals surface area contributed by atoms with Crippen LogP contribution in [0, 0.1) is 0 Å². The molecule has 1 amide bonds. The SMILES string of the molecule is NC(=O)OCCNS(=O)(=O)c1cc(N)cc2c1OCCC2. The third kappa shape index (κ3) is 3.76. The van der Waals surface area contributed by atoms with Gasteiger partial charge in [-0.05, 0) is 30.5 Å². The van der Waals surface area contributed by atoms with E-state index in [1.54, 1.807) is 6.07 Å². The van der Waals surface area contributed by atoms with E-state index in [4.69, 9.17) is 16.2 Å². The highest BCUT2D eigenvalue weighted by atomic mass is 32.2. The molecule has 0 atom stereocenters. The monoisotopic (exact) mass is 315 g/mol. The van der Waals surface area contributed by atoms with Crippen LogP contribution in [0.25, 0.3) is 0 Å². The zero-order valence-corrected chi connectivity index (χ0v) is 12.1. The number of benzene rings is 1. The maximum absolute atomic E-state index is 12.3. The van der Waals surface area contributed by atoms with Crippen LogP contribution in [0.4, 0.5) is 10.5 Å². The van der Waals surface area contributed by atoms with Crippen LogP contribution in [-0.2, 0) is 21.2 Å². The average Bonchev–Trinajstić information content (AvgIpc) is 2.42. The zero-order valence-electron chi connectivity index (χ0n) is 11.3. The summed E-state index contributed by atoms with van der Waals surface area (Å²) < 4.78 is 36.8. The van der Waals surface area contributed by atoms with Gasteiger partial charge in [-0.1, -0.05) is 0 Å². The number of primary amides is 1. The van der Waals surface area contributed by atoms with Gasteiger partial charge >= 0.3 is 6.09 Å². The molecule has 1 aromatic rings. The van der Waals surface area contributed by atoms with Crippen molar-refractivity contribution in [1.29, 1.82) is 0 Å². The van der Waals surface area contributed by atoms with Gasteiger partial charge in [0.1, 0.15) is 17.3 Å². The van der Waals surface area contributed by atoms with Crippen molar-refractivity contribution in [2.75, 3.05) is 25.5 Å². The molecule has 116 valence electrons. The first-order valence-corrected chi connectivity index (χ1v) is 7.85. The smallest absolute Gasteiger partial charge is 0.404 e. The Labute approximate surface area is 122 Å². The number of sulfonamides is 1. The Morgan fingerprint density at radius 3 is 2.90 bits per heavy atom. The Balaban J connectivity index is 2.19. The van der Waals surface area contributed by atoms with Gasteiger partial charge in [0.2, 0.25) is 10.0 Å². The molecule has 0 spiro atoms. The summed E-state index contributed by atoms with van der Waals surface area (Å²) in [7, 11) is -3.81. The molecule has 0 saturated carbocycles. The van der Waals surface area contributed by atoms with Crippen LogP contribution < -0.4 is 20.9 Å². The molecule has 1 aliphatic rings. The molecule has 0 aliphatic carbocycles. The number of ether oxygens (including phenoxy) is 2. The van der Waals surface area contributed by atoms with Crippen LogP contribution in [0.5, 0.6) is 5.75 Å². The molecule has 0 saturated heterocycles. The van der Waals surface area contributed by atoms with Crippen LogP contribution in [0.15, 0.2) is 17.0 Å². The van der Waals surface area contributed by atoms with E-state index in [1.165, 1.54) is 6.07 Å². The molecule has 0 radical (unpaired) electrons. The van der Waals surface area contributed by atoms with Crippen molar-refractivity contribution in [3.63, 3.8) is 0 Å². The van der Waals surface area contributed by atoms with E-state index >= 15 is 0 Å². The number of anilines is 1. The second-order valence-corrected chi connectivity index (χ2v) is 6.26. The van der Waals surface area contributed by atoms with E-state index in [1.807, 2.05) is 0 Å². The van der Waals surface area contributed by atoms with Gasteiger partial charge in [-0.2, -0.15) is 0 Å². The van der Waals surface area contributed by atoms with Crippen LogP contribution in [-0.4, -0.2) is 34.3 Å². The fourth-order valence-electron chi connectivity index (χ4n) is 2.07. The summed E-state index contributed by atoms with van der Waals surface area (Å²) in [5.74, 6) is 0.332. The summed E-state index contributed by atoms with van der Waals surface area (Å²) in [5, 5.41) is 0. The van der Waals surface area contributed by atoms with Crippen LogP contribution in [0.1, 0.15) is 12.0 Å². The summed E-state index contributed by atoms with van der Waals surface area (Å²) in [5.41, 5.74) is 11.7. The van der Waals surface area contributed by atoms with Crippen LogP contribution in [0.2, 0.25) is 0 Å². The third-order valence-electron chi connectivity index (χ3n) is 2.92. The number of fused-ring (bicyclic) bond motifs is 1. The van der Waals surface area contributed by atoms with Crippen molar-refractivity contribution < 1.29 is 22.7 Å². The summed E-state index contributed by atoms with van der Waals surface area (Å²) in [6.45, 7) is 0.221. The molecular weight excluding hydrogens is 298 g/mol. The van der Waals surface area contributed by atoms with Gasteiger partial charge in [0.05, 0.1) is 6.61 Å². The first-order chi connectivity index (χ1) is 9.90. The van der Waals surface area contributed by atoms with Crippen molar-refractivity contribution >= 4 is 21.8 Å². The lowest BCUT2D eigenvalue weighted by molar-refractivity contribution is 0.159. The highest BCUT2D eigenvalue weighted by molar-refractivity contribution is 7.89. The van der Waals surface area contributed by atoms with Gasteiger partial charge in [-0.3, -0.25) is 0 Å². The molecular formula is C12H17N3O5S. The highest BCUT2D eigenvalue weighted by Gasteiger charge is 2.24. The quantitative estimate of drug-likeness (QED) is 0.516. The van der Waals surface area contributed by atoms with E-state index in [2.05, 4.69) is 9.46 Å². The van der Waals surface area contributed by atoms with E-state index in [0.29, 0.717) is 24.5 Å². The number of hydrogen-bond acceptors (Lipinski definition) is 6. The molecule has 1 heterocycles. The van der Waals surface area contributed by atoms with E-state index in [-0.39, 0.29) is 18.0 Å². The second kappa shape index (κ2) is 6.19. The Bertz CT molecular complexity index is 645. The molecule has 0 unspecified atom stereocenters. The van der Waals surface area contributed by atoms with Crippen molar-refractivity contribution in [3.8, 4) is 5.75 Å². The maximum atomic E-state index is 12.3. The number of amides is 1. The number of carbonyl (C=O) groups is 1. The molecule has 9 heteroatoms. The highest BCUT2D eigenvalue weighted by Crippen LogP contribution is 2.34. The average molecular weight is 315 g/mol. The second-order valence-electron chi connectivity index (χ2n) is 4.52. The molecule has 1 aromatic carbocycles. The van der Waals surface area contributed by atoms with Gasteiger partial charge in [0.15, 0.2) is 0 Å². The largest absolute Gasteiger partial charge is 0.492 e. The standard InChI is InChI=1S/C12H17N3O5S/c13-9-6-8-2-1-4-19-11(8)10(7-9)21(17,18)15-3-5-20-12(14)16/h6-7,15H,1-5,13H2,(H2,14,16). The maximum Gasteiger partial charge on any atom is 0.404 e. The minimum atomic E-state index is -3.81. The Morgan fingerprint density at radius 1 is 1.43 bits per heavy atom. The molecule has 8 nitrogen and oxygen atoms in total. The predicted molar refractivity (Wildman–Crippen MR) is 75.4 cm³/mol. The first kappa shape index (κ1) is 15.4. The van der Waals surface area contributed by atoms with Crippen molar-refractivity contribution in [1.82, 2.24) is 4.72 Å². The normalized spacial score (nSPS) is 14.1. The summed E-state index contributed by atoms with van der Waals surface area (Å²) in [6.07, 6.45) is 0.572. The molecule has 21 heavy (non-hydrogen) atoms. The molecule has 1 aliphatic heterocycles. The summed E-state index contributed by atoms with van der Waals surface area (Å²) in [6, 6.07) is 3.06. The number of nitrogens with two attached hydrogens (primary N) is 2.